The number of aryl methyl sites for hydroxylation is 1. The van der Waals surface area contributed by atoms with Gasteiger partial charge in [-0.2, -0.15) is 23.1 Å². The molecule has 0 aliphatic carbocycles. The van der Waals surface area contributed by atoms with Crippen molar-refractivity contribution in [2.45, 2.75) is 45.2 Å². The molecule has 0 aliphatic heterocycles. The average Bonchev–Trinajstić information content (AvgIpc) is 3.25. The van der Waals surface area contributed by atoms with Gasteiger partial charge in [-0.05, 0) is 48.1 Å². The molecule has 0 radical (unpaired) electrons. The average molecular weight is 476 g/mol. The molecule has 0 fully saturated rings. The van der Waals surface area contributed by atoms with Gasteiger partial charge in [0.2, 0.25) is 0 Å². The lowest BCUT2D eigenvalue weighted by atomic mass is 10.1. The molecular weight excluding hydrogens is 451 g/mol. The zero-order chi connectivity index (χ0) is 23.8. The standard InChI is InChI=1S/C23H24F3N5OS/c1-2-3-4-5-8-15-12-14-33-19(15)21-29-20(16-9-6-7-10-17(16)32)30-22(31-21)28-13-11-18(27)23(24,25)26/h6-7,9-14,32H,2-5,8,27H2,1H3. The summed E-state index contributed by atoms with van der Waals surface area (Å²) in [5.74, 6) is 0.401. The fourth-order valence-corrected chi connectivity index (χ4v) is 3.94. The highest BCUT2D eigenvalue weighted by atomic mass is 32.1. The predicted molar refractivity (Wildman–Crippen MR) is 125 cm³/mol. The van der Waals surface area contributed by atoms with Crippen LogP contribution in [-0.2, 0) is 6.42 Å². The van der Waals surface area contributed by atoms with Crippen molar-refractivity contribution in [3.05, 3.63) is 53.0 Å². The van der Waals surface area contributed by atoms with Crippen molar-refractivity contribution in [3.63, 3.8) is 0 Å². The Balaban J connectivity index is 2.01. The number of halogens is 3. The van der Waals surface area contributed by atoms with Crippen LogP contribution in [0.15, 0.2) is 52.5 Å². The van der Waals surface area contributed by atoms with Crippen LogP contribution in [0.2, 0.25) is 0 Å². The number of para-hydroxylation sites is 1. The predicted octanol–water partition coefficient (Wildman–Crippen LogP) is 6.20. The second kappa shape index (κ2) is 11.0. The number of alkyl halides is 3. The molecule has 10 heteroatoms. The van der Waals surface area contributed by atoms with Crippen LogP contribution in [0.3, 0.4) is 0 Å². The zero-order valence-corrected chi connectivity index (χ0v) is 18.8. The second-order valence-corrected chi connectivity index (χ2v) is 8.20. The molecule has 0 unspecified atom stereocenters. The van der Waals surface area contributed by atoms with Crippen LogP contribution >= 0.6 is 11.3 Å². The van der Waals surface area contributed by atoms with E-state index in [4.69, 9.17) is 5.73 Å². The Labute approximate surface area is 193 Å². The molecule has 0 amide bonds. The Morgan fingerprint density at radius 2 is 1.85 bits per heavy atom. The highest BCUT2D eigenvalue weighted by Gasteiger charge is 2.30. The molecule has 2 aromatic heterocycles. The normalized spacial score (nSPS) is 12.5. The number of benzene rings is 1. The summed E-state index contributed by atoms with van der Waals surface area (Å²) < 4.78 is 37.9. The number of allylic oxidation sites excluding steroid dienone is 2. The minimum Gasteiger partial charge on any atom is -0.507 e. The molecular formula is C23H24F3N5OS. The number of phenols is 1. The summed E-state index contributed by atoms with van der Waals surface area (Å²) >= 11 is 1.47. The summed E-state index contributed by atoms with van der Waals surface area (Å²) in [4.78, 5) is 17.9. The lowest BCUT2D eigenvalue weighted by molar-refractivity contribution is -0.0925. The molecule has 3 rings (SSSR count). The number of nitrogens with zero attached hydrogens (tertiary/aromatic N) is 4. The molecule has 0 saturated heterocycles. The van der Waals surface area contributed by atoms with E-state index in [9.17, 15) is 18.3 Å². The number of hydrogen-bond acceptors (Lipinski definition) is 7. The number of aliphatic imine (C=N–C) groups is 1. The van der Waals surface area contributed by atoms with Crippen LogP contribution in [0.25, 0.3) is 22.1 Å². The fourth-order valence-electron chi connectivity index (χ4n) is 3.06. The number of thiophene rings is 1. The third-order valence-corrected chi connectivity index (χ3v) is 5.74. The van der Waals surface area contributed by atoms with E-state index in [1.165, 1.54) is 17.4 Å². The first-order valence-corrected chi connectivity index (χ1v) is 11.4. The van der Waals surface area contributed by atoms with Gasteiger partial charge >= 0.3 is 6.18 Å². The van der Waals surface area contributed by atoms with Crippen molar-refractivity contribution in [2.75, 3.05) is 0 Å². The van der Waals surface area contributed by atoms with Gasteiger partial charge in [0, 0.05) is 6.21 Å². The van der Waals surface area contributed by atoms with Gasteiger partial charge in [0.1, 0.15) is 11.4 Å². The highest BCUT2D eigenvalue weighted by Crippen LogP contribution is 2.33. The maximum Gasteiger partial charge on any atom is 0.430 e. The molecule has 0 atom stereocenters. The van der Waals surface area contributed by atoms with Gasteiger partial charge in [-0.15, -0.1) is 11.3 Å². The van der Waals surface area contributed by atoms with Crippen LogP contribution in [0.4, 0.5) is 19.1 Å². The molecule has 3 N–H and O–H groups in total. The first kappa shape index (κ1) is 24.4. The Bertz CT molecular complexity index is 1140. The number of phenolic OH excluding ortho intramolecular Hbond substituents is 1. The van der Waals surface area contributed by atoms with E-state index in [0.29, 0.717) is 17.5 Å². The number of aromatic hydroxyl groups is 1. The summed E-state index contributed by atoms with van der Waals surface area (Å²) in [6.07, 6.45) is 2.21. The van der Waals surface area contributed by atoms with E-state index < -0.39 is 11.9 Å². The van der Waals surface area contributed by atoms with E-state index in [-0.39, 0.29) is 17.5 Å². The maximum absolute atomic E-state index is 12.6. The van der Waals surface area contributed by atoms with Crippen molar-refractivity contribution in [2.24, 2.45) is 10.7 Å². The van der Waals surface area contributed by atoms with Gasteiger partial charge in [-0.1, -0.05) is 38.3 Å². The van der Waals surface area contributed by atoms with Gasteiger partial charge < -0.3 is 10.8 Å². The number of nitrogens with two attached hydrogens (primary N) is 1. The van der Waals surface area contributed by atoms with Crippen LogP contribution in [0, 0.1) is 0 Å². The lowest BCUT2D eigenvalue weighted by Gasteiger charge is -2.08. The summed E-state index contributed by atoms with van der Waals surface area (Å²) in [6, 6.07) is 8.55. The zero-order valence-electron chi connectivity index (χ0n) is 18.0. The minimum atomic E-state index is -4.65. The molecule has 0 aliphatic rings. The van der Waals surface area contributed by atoms with Gasteiger partial charge in [-0.3, -0.25) is 0 Å². The Kier molecular flexibility index (Phi) is 8.16. The number of rotatable bonds is 9. The van der Waals surface area contributed by atoms with Crippen molar-refractivity contribution < 1.29 is 18.3 Å². The lowest BCUT2D eigenvalue weighted by Crippen LogP contribution is -2.19. The van der Waals surface area contributed by atoms with Crippen LogP contribution in [0.1, 0.15) is 38.2 Å². The molecule has 1 aromatic carbocycles. The number of aromatic nitrogens is 3. The number of hydrogen-bond donors (Lipinski definition) is 2. The highest BCUT2D eigenvalue weighted by molar-refractivity contribution is 7.13. The van der Waals surface area contributed by atoms with E-state index in [0.717, 1.165) is 48.8 Å². The molecule has 3 aromatic rings. The first-order valence-electron chi connectivity index (χ1n) is 10.5. The van der Waals surface area contributed by atoms with Gasteiger partial charge in [0.15, 0.2) is 11.6 Å². The van der Waals surface area contributed by atoms with Crippen molar-refractivity contribution >= 4 is 23.5 Å². The van der Waals surface area contributed by atoms with Crippen molar-refractivity contribution in [3.8, 4) is 27.8 Å². The van der Waals surface area contributed by atoms with Crippen LogP contribution in [-0.4, -0.2) is 32.4 Å². The second-order valence-electron chi connectivity index (χ2n) is 7.28. The largest absolute Gasteiger partial charge is 0.507 e. The topological polar surface area (TPSA) is 97.3 Å². The first-order chi connectivity index (χ1) is 15.8. The van der Waals surface area contributed by atoms with Gasteiger partial charge in [0.05, 0.1) is 10.4 Å². The Hall–Kier alpha value is -3.27. The molecule has 33 heavy (non-hydrogen) atoms. The summed E-state index contributed by atoms with van der Waals surface area (Å²) in [5.41, 5.74) is 5.18. The summed E-state index contributed by atoms with van der Waals surface area (Å²) in [5, 5.41) is 12.2. The van der Waals surface area contributed by atoms with Crippen LogP contribution < -0.4 is 5.73 Å². The Morgan fingerprint density at radius 1 is 1.09 bits per heavy atom. The van der Waals surface area contributed by atoms with Crippen LogP contribution in [0.5, 0.6) is 5.75 Å². The van der Waals surface area contributed by atoms with Gasteiger partial charge in [0.25, 0.3) is 5.95 Å². The quantitative estimate of drug-likeness (QED) is 0.284. The Morgan fingerprint density at radius 3 is 2.58 bits per heavy atom. The molecule has 0 saturated carbocycles. The van der Waals surface area contributed by atoms with Crippen molar-refractivity contribution in [1.29, 1.82) is 0 Å². The summed E-state index contributed by atoms with van der Waals surface area (Å²) in [7, 11) is 0. The molecule has 174 valence electrons. The van der Waals surface area contributed by atoms with E-state index in [1.54, 1.807) is 18.2 Å². The fraction of sp³-hybridized carbons (Fsp3) is 0.304. The maximum atomic E-state index is 12.6. The number of unbranched alkanes of at least 4 members (excludes halogenated alkanes) is 3. The van der Waals surface area contributed by atoms with Gasteiger partial charge in [-0.25, -0.2) is 9.98 Å². The summed E-state index contributed by atoms with van der Waals surface area (Å²) in [6.45, 7) is 2.15. The minimum absolute atomic E-state index is 0.0308. The molecule has 0 spiro atoms. The smallest absolute Gasteiger partial charge is 0.430 e. The van der Waals surface area contributed by atoms with E-state index in [2.05, 4.69) is 26.9 Å². The monoisotopic (exact) mass is 475 g/mol. The van der Waals surface area contributed by atoms with Crippen molar-refractivity contribution in [1.82, 2.24) is 15.0 Å². The van der Waals surface area contributed by atoms with E-state index in [1.807, 2.05) is 11.4 Å². The SMILES string of the molecule is CCCCCCc1ccsc1-c1nc(N=CC=C(N)C(F)(F)F)nc(-c2ccccc2O)n1. The molecule has 2 heterocycles. The molecule has 6 nitrogen and oxygen atoms in total. The third kappa shape index (κ3) is 6.61. The molecule has 0 bridgehead atoms. The third-order valence-electron chi connectivity index (χ3n) is 4.79. The van der Waals surface area contributed by atoms with E-state index >= 15 is 0 Å².